The van der Waals surface area contributed by atoms with E-state index in [4.69, 9.17) is 0 Å². The topological polar surface area (TPSA) is 65.0 Å². The van der Waals surface area contributed by atoms with Gasteiger partial charge < -0.3 is 10.1 Å². The Balaban J connectivity index is 1.49. The number of fused-ring (bicyclic) bond motifs is 1. The molecule has 24 heavy (non-hydrogen) atoms. The van der Waals surface area contributed by atoms with Gasteiger partial charge in [-0.2, -0.15) is 0 Å². The number of para-hydroxylation sites is 1. The van der Waals surface area contributed by atoms with Crippen LogP contribution < -0.4 is 0 Å². The summed E-state index contributed by atoms with van der Waals surface area (Å²) in [6.45, 7) is 4.43. The Hall–Kier alpha value is -2.24. The molecule has 0 radical (unpaired) electrons. The van der Waals surface area contributed by atoms with Gasteiger partial charge in [-0.3, -0.25) is 9.88 Å². The number of hydrogen-bond donors (Lipinski definition) is 2. The van der Waals surface area contributed by atoms with Crippen molar-refractivity contribution < 1.29 is 5.11 Å². The van der Waals surface area contributed by atoms with Crippen LogP contribution in [0.5, 0.6) is 0 Å². The highest BCUT2D eigenvalue weighted by Gasteiger charge is 2.32. The summed E-state index contributed by atoms with van der Waals surface area (Å²) in [5, 5.41) is 11.7. The maximum absolute atomic E-state index is 10.5. The van der Waals surface area contributed by atoms with Gasteiger partial charge in [0.25, 0.3) is 0 Å². The normalized spacial score (nSPS) is 21.6. The maximum atomic E-state index is 10.5. The molecule has 2 N–H and O–H groups in total. The standard InChI is InChI=1S/C19H22N4O/c1-13-18(22-12-21-13)10-23-9-15(19(24)11-23)8-14-6-7-20-17-5-3-2-4-16(14)17/h2-7,12,15,19,24H,8-11H2,1H3,(H,21,22)/t15-,19-/m1/s1. The largest absolute Gasteiger partial charge is 0.391 e. The third-order valence-corrected chi connectivity index (χ3v) is 5.01. The van der Waals surface area contributed by atoms with Crippen LogP contribution in [0.25, 0.3) is 10.9 Å². The quantitative estimate of drug-likeness (QED) is 0.773. The lowest BCUT2D eigenvalue weighted by Gasteiger charge is -2.16. The van der Waals surface area contributed by atoms with Crippen molar-refractivity contribution in [3.63, 3.8) is 0 Å². The molecular formula is C19H22N4O. The van der Waals surface area contributed by atoms with Crippen molar-refractivity contribution in [3.8, 4) is 0 Å². The van der Waals surface area contributed by atoms with Crippen LogP contribution in [0.2, 0.25) is 0 Å². The molecule has 5 heteroatoms. The first-order valence-corrected chi connectivity index (χ1v) is 8.42. The molecule has 124 valence electrons. The fraction of sp³-hybridized carbons (Fsp3) is 0.368. The van der Waals surface area contributed by atoms with Crippen LogP contribution in [0, 0.1) is 12.8 Å². The first kappa shape index (κ1) is 15.3. The van der Waals surface area contributed by atoms with E-state index in [0.717, 1.165) is 36.4 Å². The van der Waals surface area contributed by atoms with Crippen molar-refractivity contribution in [2.24, 2.45) is 5.92 Å². The van der Waals surface area contributed by atoms with Gasteiger partial charge in [0.1, 0.15) is 0 Å². The highest BCUT2D eigenvalue weighted by Crippen LogP contribution is 2.26. The van der Waals surface area contributed by atoms with E-state index in [1.54, 1.807) is 6.33 Å². The number of H-pyrrole nitrogens is 1. The van der Waals surface area contributed by atoms with Gasteiger partial charge in [0, 0.05) is 42.8 Å². The van der Waals surface area contributed by atoms with Crippen LogP contribution in [0.3, 0.4) is 0 Å². The van der Waals surface area contributed by atoms with Crippen molar-refractivity contribution in [2.75, 3.05) is 13.1 Å². The summed E-state index contributed by atoms with van der Waals surface area (Å²) in [7, 11) is 0. The zero-order valence-electron chi connectivity index (χ0n) is 13.8. The van der Waals surface area contributed by atoms with E-state index < -0.39 is 0 Å². The minimum absolute atomic E-state index is 0.245. The number of aromatic amines is 1. The molecule has 0 bridgehead atoms. The van der Waals surface area contributed by atoms with Gasteiger partial charge in [-0.25, -0.2) is 4.98 Å². The van der Waals surface area contributed by atoms with Crippen molar-refractivity contribution in [2.45, 2.75) is 26.0 Å². The lowest BCUT2D eigenvalue weighted by molar-refractivity contribution is 0.141. The lowest BCUT2D eigenvalue weighted by Crippen LogP contribution is -2.22. The van der Waals surface area contributed by atoms with Crippen LogP contribution in [0.1, 0.15) is 17.0 Å². The number of likely N-dealkylation sites (tertiary alicyclic amines) is 1. The second kappa shape index (κ2) is 6.34. The molecule has 1 aliphatic rings. The Morgan fingerprint density at radius 1 is 1.21 bits per heavy atom. The second-order valence-corrected chi connectivity index (χ2v) is 6.69. The van der Waals surface area contributed by atoms with Crippen molar-refractivity contribution in [1.82, 2.24) is 19.9 Å². The van der Waals surface area contributed by atoms with E-state index >= 15 is 0 Å². The number of β-amino-alcohol motifs (C(OH)–C–C–N with tert-alkyl or cyclic N) is 1. The predicted octanol–water partition coefficient (Wildman–Crippen LogP) is 2.30. The third-order valence-electron chi connectivity index (χ3n) is 5.01. The molecule has 0 saturated carbocycles. The molecule has 2 atom stereocenters. The monoisotopic (exact) mass is 322 g/mol. The van der Waals surface area contributed by atoms with Gasteiger partial charge in [0.2, 0.25) is 0 Å². The Morgan fingerprint density at radius 3 is 2.92 bits per heavy atom. The number of nitrogens with zero attached hydrogens (tertiary/aromatic N) is 3. The summed E-state index contributed by atoms with van der Waals surface area (Å²) in [4.78, 5) is 14.2. The Labute approximate surface area is 141 Å². The average molecular weight is 322 g/mol. The molecule has 2 aromatic heterocycles. The lowest BCUT2D eigenvalue weighted by atomic mass is 9.94. The van der Waals surface area contributed by atoms with Crippen molar-refractivity contribution in [3.05, 3.63) is 59.8 Å². The predicted molar refractivity (Wildman–Crippen MR) is 93.5 cm³/mol. The minimum atomic E-state index is -0.295. The number of aliphatic hydroxyl groups excluding tert-OH is 1. The number of aryl methyl sites for hydroxylation is 1. The summed E-state index contributed by atoms with van der Waals surface area (Å²) < 4.78 is 0. The van der Waals surface area contributed by atoms with Crippen LogP contribution in [0.15, 0.2) is 42.9 Å². The van der Waals surface area contributed by atoms with E-state index in [1.165, 1.54) is 10.9 Å². The van der Waals surface area contributed by atoms with E-state index in [9.17, 15) is 5.11 Å². The Bertz CT molecular complexity index is 839. The molecule has 0 spiro atoms. The number of nitrogens with one attached hydrogen (secondary N) is 1. The third kappa shape index (κ3) is 2.92. The molecule has 1 aromatic carbocycles. The van der Waals surface area contributed by atoms with E-state index in [-0.39, 0.29) is 12.0 Å². The number of aromatic nitrogens is 3. The number of benzene rings is 1. The summed E-state index contributed by atoms with van der Waals surface area (Å²) in [5.74, 6) is 0.245. The van der Waals surface area contributed by atoms with Gasteiger partial charge in [0.05, 0.1) is 23.6 Å². The number of pyridine rings is 1. The van der Waals surface area contributed by atoms with Crippen molar-refractivity contribution >= 4 is 10.9 Å². The van der Waals surface area contributed by atoms with E-state index in [2.05, 4.69) is 32.0 Å². The maximum Gasteiger partial charge on any atom is 0.0925 e. The summed E-state index contributed by atoms with van der Waals surface area (Å²) in [6, 6.07) is 10.3. The Morgan fingerprint density at radius 2 is 2.08 bits per heavy atom. The van der Waals surface area contributed by atoms with Crippen LogP contribution in [0.4, 0.5) is 0 Å². The summed E-state index contributed by atoms with van der Waals surface area (Å²) in [6.07, 6.45) is 4.18. The van der Waals surface area contributed by atoms with Gasteiger partial charge in [-0.15, -0.1) is 0 Å². The molecule has 1 fully saturated rings. The van der Waals surface area contributed by atoms with Crippen LogP contribution >= 0.6 is 0 Å². The smallest absolute Gasteiger partial charge is 0.0925 e. The second-order valence-electron chi connectivity index (χ2n) is 6.69. The highest BCUT2D eigenvalue weighted by atomic mass is 16.3. The first-order valence-electron chi connectivity index (χ1n) is 8.42. The molecule has 4 rings (SSSR count). The fourth-order valence-corrected chi connectivity index (χ4v) is 3.65. The zero-order valence-corrected chi connectivity index (χ0v) is 13.8. The van der Waals surface area contributed by atoms with Gasteiger partial charge >= 0.3 is 0 Å². The number of rotatable bonds is 4. The Kier molecular flexibility index (Phi) is 4.04. The molecule has 0 unspecified atom stereocenters. The molecule has 3 heterocycles. The number of imidazole rings is 1. The highest BCUT2D eigenvalue weighted by molar-refractivity contribution is 5.81. The molecular weight excluding hydrogens is 300 g/mol. The number of aliphatic hydroxyl groups is 1. The van der Waals surface area contributed by atoms with Gasteiger partial charge in [-0.05, 0) is 31.0 Å². The fourth-order valence-electron chi connectivity index (χ4n) is 3.65. The van der Waals surface area contributed by atoms with E-state index in [1.807, 2.05) is 31.3 Å². The van der Waals surface area contributed by atoms with Gasteiger partial charge in [-0.1, -0.05) is 18.2 Å². The molecule has 1 saturated heterocycles. The molecule has 1 aliphatic heterocycles. The number of hydrogen-bond acceptors (Lipinski definition) is 4. The zero-order chi connectivity index (χ0) is 16.5. The first-order chi connectivity index (χ1) is 11.7. The SMILES string of the molecule is Cc1[nH]cnc1CN1C[C@@H](Cc2ccnc3ccccc23)[C@H](O)C1. The molecule has 3 aromatic rings. The van der Waals surface area contributed by atoms with Crippen LogP contribution in [-0.2, 0) is 13.0 Å². The van der Waals surface area contributed by atoms with Crippen molar-refractivity contribution in [1.29, 1.82) is 0 Å². The van der Waals surface area contributed by atoms with E-state index in [0.29, 0.717) is 6.54 Å². The molecule has 0 aliphatic carbocycles. The van der Waals surface area contributed by atoms with Gasteiger partial charge in [0.15, 0.2) is 0 Å². The molecule has 0 amide bonds. The summed E-state index contributed by atoms with van der Waals surface area (Å²) >= 11 is 0. The van der Waals surface area contributed by atoms with Crippen LogP contribution in [-0.4, -0.2) is 44.2 Å². The minimum Gasteiger partial charge on any atom is -0.391 e. The summed E-state index contributed by atoms with van der Waals surface area (Å²) in [5.41, 5.74) is 4.46. The average Bonchev–Trinajstić information content (AvgIpc) is 3.14. The molecule has 5 nitrogen and oxygen atoms in total.